The van der Waals surface area contributed by atoms with Gasteiger partial charge in [0.25, 0.3) is 0 Å². The van der Waals surface area contributed by atoms with Gasteiger partial charge in [0.1, 0.15) is 0 Å². The zero-order chi connectivity index (χ0) is 13.1. The molecule has 1 saturated heterocycles. The summed E-state index contributed by atoms with van der Waals surface area (Å²) in [5, 5.41) is 11.3. The van der Waals surface area contributed by atoms with E-state index in [4.69, 9.17) is 11.6 Å². The Bertz CT molecular complexity index is 526. The van der Waals surface area contributed by atoms with Crippen molar-refractivity contribution in [3.63, 3.8) is 0 Å². The summed E-state index contributed by atoms with van der Waals surface area (Å²) in [6.45, 7) is 3.82. The summed E-state index contributed by atoms with van der Waals surface area (Å²) in [7, 11) is 0. The molecule has 0 radical (unpaired) electrons. The third-order valence-electron chi connectivity index (χ3n) is 3.55. The first kappa shape index (κ1) is 12.7. The number of nitrogens with one attached hydrogen (secondary N) is 2. The van der Waals surface area contributed by atoms with Crippen molar-refractivity contribution in [2.75, 3.05) is 19.6 Å². The summed E-state index contributed by atoms with van der Waals surface area (Å²) >= 11 is 6.33. The second kappa shape index (κ2) is 5.74. The van der Waals surface area contributed by atoms with Crippen molar-refractivity contribution in [3.05, 3.63) is 52.8 Å². The molecule has 1 atom stereocenters. The van der Waals surface area contributed by atoms with Crippen LogP contribution in [-0.2, 0) is 6.54 Å². The Hall–Kier alpha value is -1.36. The van der Waals surface area contributed by atoms with Gasteiger partial charge in [0.05, 0.1) is 0 Å². The fourth-order valence-electron chi connectivity index (χ4n) is 2.58. The lowest BCUT2D eigenvalue weighted by Crippen LogP contribution is -2.45. The molecule has 1 unspecified atom stereocenters. The highest BCUT2D eigenvalue weighted by Crippen LogP contribution is 2.29. The largest absolute Gasteiger partial charge is 0.314 e. The maximum Gasteiger partial charge on any atom is 0.0492 e. The maximum atomic E-state index is 6.33. The third kappa shape index (κ3) is 2.81. The van der Waals surface area contributed by atoms with Crippen LogP contribution in [0.5, 0.6) is 0 Å². The number of H-pyrrole nitrogens is 1. The van der Waals surface area contributed by atoms with Gasteiger partial charge in [-0.1, -0.05) is 29.8 Å². The molecule has 2 N–H and O–H groups in total. The second-order valence-corrected chi connectivity index (χ2v) is 5.20. The first-order valence-electron chi connectivity index (χ1n) is 6.52. The summed E-state index contributed by atoms with van der Waals surface area (Å²) < 4.78 is 0. The number of hydrogen-bond donors (Lipinski definition) is 2. The fraction of sp³-hybridized carbons (Fsp3) is 0.357. The molecule has 4 nitrogen and oxygen atoms in total. The number of piperazine rings is 1. The van der Waals surface area contributed by atoms with Gasteiger partial charge in [-0.25, -0.2) is 0 Å². The molecule has 3 rings (SSSR count). The van der Waals surface area contributed by atoms with E-state index in [0.29, 0.717) is 6.04 Å². The molecule has 100 valence electrons. The molecular formula is C14H17ClN4. The molecule has 1 aliphatic rings. The quantitative estimate of drug-likeness (QED) is 0.903. The standard InChI is InChI=1S/C14H17ClN4/c15-13-4-2-1-3-12(13)14-9-16-7-8-19(14)10-11-5-6-17-18-11/h1-6,14,16H,7-10H2,(H,17,18). The summed E-state index contributed by atoms with van der Waals surface area (Å²) in [6, 6.07) is 10.4. The SMILES string of the molecule is Clc1ccccc1C1CNCCN1Cc1ccn[nH]1. The van der Waals surface area contributed by atoms with Crippen LogP contribution in [0.1, 0.15) is 17.3 Å². The van der Waals surface area contributed by atoms with E-state index in [0.717, 1.165) is 36.9 Å². The van der Waals surface area contributed by atoms with Gasteiger partial charge in [-0.2, -0.15) is 5.10 Å². The van der Waals surface area contributed by atoms with Crippen LogP contribution in [-0.4, -0.2) is 34.7 Å². The highest BCUT2D eigenvalue weighted by Gasteiger charge is 2.25. The van der Waals surface area contributed by atoms with Crippen LogP contribution in [0.2, 0.25) is 5.02 Å². The van der Waals surface area contributed by atoms with Gasteiger partial charge in [0.15, 0.2) is 0 Å². The van der Waals surface area contributed by atoms with Crippen molar-refractivity contribution in [1.82, 2.24) is 20.4 Å². The Kier molecular flexibility index (Phi) is 3.82. The van der Waals surface area contributed by atoms with Crippen molar-refractivity contribution in [3.8, 4) is 0 Å². The minimum atomic E-state index is 0.311. The van der Waals surface area contributed by atoms with Crippen molar-refractivity contribution in [2.45, 2.75) is 12.6 Å². The van der Waals surface area contributed by atoms with Gasteiger partial charge < -0.3 is 5.32 Å². The summed E-state index contributed by atoms with van der Waals surface area (Å²) in [5.41, 5.74) is 2.33. The van der Waals surface area contributed by atoms with Gasteiger partial charge >= 0.3 is 0 Å². The molecule has 19 heavy (non-hydrogen) atoms. The van der Waals surface area contributed by atoms with E-state index >= 15 is 0 Å². The van der Waals surface area contributed by atoms with Crippen LogP contribution < -0.4 is 5.32 Å². The predicted octanol–water partition coefficient (Wildman–Crippen LogP) is 2.21. The fourth-order valence-corrected chi connectivity index (χ4v) is 2.84. The van der Waals surface area contributed by atoms with Gasteiger partial charge in [-0.15, -0.1) is 0 Å². The highest BCUT2D eigenvalue weighted by atomic mass is 35.5. The van der Waals surface area contributed by atoms with Crippen molar-refractivity contribution >= 4 is 11.6 Å². The van der Waals surface area contributed by atoms with Crippen LogP contribution in [0.3, 0.4) is 0 Å². The van der Waals surface area contributed by atoms with Crippen LogP contribution in [0.25, 0.3) is 0 Å². The molecule has 0 saturated carbocycles. The Labute approximate surface area is 117 Å². The molecular weight excluding hydrogens is 260 g/mol. The molecule has 1 aromatic carbocycles. The molecule has 0 spiro atoms. The van der Waals surface area contributed by atoms with Gasteiger partial charge in [0.2, 0.25) is 0 Å². The molecule has 5 heteroatoms. The summed E-state index contributed by atoms with van der Waals surface area (Å²) in [5.74, 6) is 0. The average Bonchev–Trinajstić information content (AvgIpc) is 2.93. The maximum absolute atomic E-state index is 6.33. The van der Waals surface area contributed by atoms with Crippen LogP contribution in [0.15, 0.2) is 36.5 Å². The Balaban J connectivity index is 1.83. The van der Waals surface area contributed by atoms with Gasteiger partial charge in [-0.05, 0) is 17.7 Å². The minimum Gasteiger partial charge on any atom is -0.314 e. The first-order chi connectivity index (χ1) is 9.34. The van der Waals surface area contributed by atoms with E-state index in [1.165, 1.54) is 5.56 Å². The van der Waals surface area contributed by atoms with Gasteiger partial charge in [0, 0.05) is 49.1 Å². The summed E-state index contributed by atoms with van der Waals surface area (Å²) in [4.78, 5) is 2.44. The topological polar surface area (TPSA) is 44.0 Å². The number of halogens is 1. The van der Waals surface area contributed by atoms with E-state index in [1.54, 1.807) is 6.20 Å². The molecule has 2 heterocycles. The number of benzene rings is 1. The molecule has 0 amide bonds. The lowest BCUT2D eigenvalue weighted by Gasteiger charge is -2.36. The van der Waals surface area contributed by atoms with Crippen LogP contribution in [0.4, 0.5) is 0 Å². The molecule has 2 aromatic rings. The highest BCUT2D eigenvalue weighted by molar-refractivity contribution is 6.31. The van der Waals surface area contributed by atoms with E-state index in [9.17, 15) is 0 Å². The Morgan fingerprint density at radius 2 is 2.21 bits per heavy atom. The molecule has 0 aliphatic carbocycles. The third-order valence-corrected chi connectivity index (χ3v) is 3.89. The normalized spacial score (nSPS) is 20.6. The van der Waals surface area contributed by atoms with E-state index in [1.807, 2.05) is 24.3 Å². The van der Waals surface area contributed by atoms with E-state index in [-0.39, 0.29) is 0 Å². The van der Waals surface area contributed by atoms with Gasteiger partial charge in [-0.3, -0.25) is 10.00 Å². The van der Waals surface area contributed by atoms with Crippen molar-refractivity contribution in [1.29, 1.82) is 0 Å². The number of rotatable bonds is 3. The van der Waals surface area contributed by atoms with Crippen molar-refractivity contribution < 1.29 is 0 Å². The first-order valence-corrected chi connectivity index (χ1v) is 6.90. The zero-order valence-corrected chi connectivity index (χ0v) is 11.4. The van der Waals surface area contributed by atoms with E-state index < -0.39 is 0 Å². The minimum absolute atomic E-state index is 0.311. The number of hydrogen-bond acceptors (Lipinski definition) is 3. The monoisotopic (exact) mass is 276 g/mol. The second-order valence-electron chi connectivity index (χ2n) is 4.79. The Morgan fingerprint density at radius 3 is 3.00 bits per heavy atom. The lowest BCUT2D eigenvalue weighted by atomic mass is 10.0. The van der Waals surface area contributed by atoms with E-state index in [2.05, 4.69) is 26.5 Å². The predicted molar refractivity (Wildman–Crippen MR) is 76.1 cm³/mol. The van der Waals surface area contributed by atoms with Crippen LogP contribution >= 0.6 is 11.6 Å². The number of aromatic amines is 1. The van der Waals surface area contributed by atoms with Crippen LogP contribution in [0, 0.1) is 0 Å². The molecule has 1 fully saturated rings. The summed E-state index contributed by atoms with van der Waals surface area (Å²) in [6.07, 6.45) is 1.79. The Morgan fingerprint density at radius 1 is 1.32 bits per heavy atom. The number of aromatic nitrogens is 2. The van der Waals surface area contributed by atoms with Crippen molar-refractivity contribution in [2.24, 2.45) is 0 Å². The molecule has 1 aromatic heterocycles. The smallest absolute Gasteiger partial charge is 0.0492 e. The molecule has 1 aliphatic heterocycles. The number of nitrogens with zero attached hydrogens (tertiary/aromatic N) is 2. The lowest BCUT2D eigenvalue weighted by molar-refractivity contribution is 0.152. The zero-order valence-electron chi connectivity index (χ0n) is 10.6. The molecule has 0 bridgehead atoms. The average molecular weight is 277 g/mol.